The Hall–Kier alpha value is -1.81. The molecule has 0 saturated heterocycles. The van der Waals surface area contributed by atoms with Gasteiger partial charge in [0.15, 0.2) is 0 Å². The number of amides is 1. The molecule has 0 spiro atoms. The number of para-hydroxylation sites is 1. The average molecular weight is 303 g/mol. The predicted octanol–water partition coefficient (Wildman–Crippen LogP) is 4.09. The smallest absolute Gasteiger partial charge is 0.223 e. The highest BCUT2D eigenvalue weighted by atomic mass is 32.1. The summed E-state index contributed by atoms with van der Waals surface area (Å²) in [6, 6.07) is 12.0. The van der Waals surface area contributed by atoms with Crippen molar-refractivity contribution in [2.75, 3.05) is 7.11 Å². The van der Waals surface area contributed by atoms with Crippen LogP contribution in [0, 0.1) is 0 Å². The van der Waals surface area contributed by atoms with Gasteiger partial charge < -0.3 is 9.64 Å². The summed E-state index contributed by atoms with van der Waals surface area (Å²) < 4.78 is 5.39. The minimum Gasteiger partial charge on any atom is -0.496 e. The number of nitrogens with zero attached hydrogens (tertiary/aromatic N) is 1. The monoisotopic (exact) mass is 303 g/mol. The number of hydrogen-bond donors (Lipinski definition) is 0. The van der Waals surface area contributed by atoms with Crippen LogP contribution in [0.2, 0.25) is 0 Å². The molecule has 1 heterocycles. The summed E-state index contributed by atoms with van der Waals surface area (Å²) in [7, 11) is 1.66. The van der Waals surface area contributed by atoms with Gasteiger partial charge in [0.25, 0.3) is 0 Å². The fourth-order valence-corrected chi connectivity index (χ4v) is 2.95. The number of methoxy groups -OCH3 is 1. The Morgan fingerprint density at radius 3 is 2.67 bits per heavy atom. The normalized spacial score (nSPS) is 10.4. The Labute approximate surface area is 130 Å². The Morgan fingerprint density at radius 1 is 1.19 bits per heavy atom. The van der Waals surface area contributed by atoms with Crippen molar-refractivity contribution >= 4 is 17.2 Å². The number of thiophene rings is 1. The van der Waals surface area contributed by atoms with Gasteiger partial charge in [-0.1, -0.05) is 31.2 Å². The molecule has 21 heavy (non-hydrogen) atoms. The molecular formula is C17H21NO2S. The minimum absolute atomic E-state index is 0.191. The molecule has 0 aliphatic heterocycles. The van der Waals surface area contributed by atoms with Crippen LogP contribution in [0.1, 0.15) is 30.2 Å². The first-order valence-corrected chi connectivity index (χ1v) is 8.04. The second-order valence-corrected chi connectivity index (χ2v) is 5.92. The summed E-state index contributed by atoms with van der Waals surface area (Å²) >= 11 is 1.68. The van der Waals surface area contributed by atoms with Crippen molar-refractivity contribution in [3.05, 3.63) is 52.2 Å². The molecule has 0 atom stereocenters. The highest BCUT2D eigenvalue weighted by Crippen LogP contribution is 2.22. The maximum atomic E-state index is 12.4. The van der Waals surface area contributed by atoms with Crippen molar-refractivity contribution < 1.29 is 9.53 Å². The van der Waals surface area contributed by atoms with Crippen molar-refractivity contribution in [1.29, 1.82) is 0 Å². The van der Waals surface area contributed by atoms with E-state index in [4.69, 9.17) is 4.74 Å². The molecule has 0 fully saturated rings. The lowest BCUT2D eigenvalue weighted by Crippen LogP contribution is -2.29. The first-order chi connectivity index (χ1) is 10.2. The molecule has 0 N–H and O–H groups in total. The molecule has 1 aromatic heterocycles. The Bertz CT molecular complexity index is 566. The third kappa shape index (κ3) is 4.33. The fraction of sp³-hybridized carbons (Fsp3) is 0.353. The van der Waals surface area contributed by atoms with Gasteiger partial charge in [0.2, 0.25) is 5.91 Å². The van der Waals surface area contributed by atoms with E-state index in [1.54, 1.807) is 18.4 Å². The van der Waals surface area contributed by atoms with Gasteiger partial charge in [0.05, 0.1) is 13.7 Å². The predicted molar refractivity (Wildman–Crippen MR) is 86.5 cm³/mol. The Morgan fingerprint density at radius 2 is 2.00 bits per heavy atom. The maximum Gasteiger partial charge on any atom is 0.223 e. The van der Waals surface area contributed by atoms with Gasteiger partial charge in [-0.3, -0.25) is 4.79 Å². The number of carbonyl (C=O) groups excluding carboxylic acids is 1. The van der Waals surface area contributed by atoms with Gasteiger partial charge in [-0.15, -0.1) is 11.3 Å². The van der Waals surface area contributed by atoms with Gasteiger partial charge in [-0.2, -0.15) is 0 Å². The van der Waals surface area contributed by atoms with E-state index in [2.05, 4.69) is 6.07 Å². The van der Waals surface area contributed by atoms with Crippen LogP contribution in [-0.2, 0) is 17.9 Å². The maximum absolute atomic E-state index is 12.4. The largest absolute Gasteiger partial charge is 0.496 e. The lowest BCUT2D eigenvalue weighted by Gasteiger charge is -2.23. The number of hydrogen-bond acceptors (Lipinski definition) is 3. The lowest BCUT2D eigenvalue weighted by atomic mass is 10.1. The van der Waals surface area contributed by atoms with E-state index in [-0.39, 0.29) is 5.91 Å². The average Bonchev–Trinajstić information content (AvgIpc) is 3.00. The van der Waals surface area contributed by atoms with E-state index < -0.39 is 0 Å². The highest BCUT2D eigenvalue weighted by molar-refractivity contribution is 7.09. The van der Waals surface area contributed by atoms with E-state index in [0.29, 0.717) is 19.5 Å². The van der Waals surface area contributed by atoms with Crippen molar-refractivity contribution in [1.82, 2.24) is 4.90 Å². The zero-order chi connectivity index (χ0) is 15.1. The molecule has 2 rings (SSSR count). The van der Waals surface area contributed by atoms with Crippen LogP contribution in [0.5, 0.6) is 5.75 Å². The van der Waals surface area contributed by atoms with Crippen LogP contribution in [0.25, 0.3) is 0 Å². The summed E-state index contributed by atoms with van der Waals surface area (Å²) in [6.45, 7) is 3.28. The molecule has 0 unspecified atom stereocenters. The number of carbonyl (C=O) groups is 1. The van der Waals surface area contributed by atoms with Crippen molar-refractivity contribution in [3.8, 4) is 5.75 Å². The van der Waals surface area contributed by atoms with Gasteiger partial charge in [-0.25, -0.2) is 0 Å². The van der Waals surface area contributed by atoms with Crippen molar-refractivity contribution in [2.24, 2.45) is 0 Å². The van der Waals surface area contributed by atoms with E-state index in [9.17, 15) is 4.79 Å². The van der Waals surface area contributed by atoms with Crippen molar-refractivity contribution in [2.45, 2.75) is 32.9 Å². The standard InChI is InChI=1S/C17H21NO2S/c1-3-7-17(19)18(13-15-9-6-11-21-15)12-14-8-4-5-10-16(14)20-2/h4-6,8-11H,3,7,12-13H2,1-2H3. The summed E-state index contributed by atoms with van der Waals surface area (Å²) in [5.41, 5.74) is 1.04. The van der Waals surface area contributed by atoms with E-state index in [1.807, 2.05) is 47.5 Å². The number of ether oxygens (including phenoxy) is 1. The Kier molecular flexibility index (Phi) is 5.81. The van der Waals surface area contributed by atoms with Crippen LogP contribution in [0.3, 0.4) is 0 Å². The second-order valence-electron chi connectivity index (χ2n) is 4.89. The van der Waals surface area contributed by atoms with E-state index >= 15 is 0 Å². The number of rotatable bonds is 7. The topological polar surface area (TPSA) is 29.5 Å². The summed E-state index contributed by atoms with van der Waals surface area (Å²) in [4.78, 5) is 15.5. The molecule has 0 aliphatic rings. The number of benzene rings is 1. The molecule has 0 bridgehead atoms. The molecule has 112 valence electrons. The van der Waals surface area contributed by atoms with Crippen LogP contribution < -0.4 is 4.74 Å². The molecule has 2 aromatic rings. The first kappa shape index (κ1) is 15.6. The SMILES string of the molecule is CCCC(=O)N(Cc1cccs1)Cc1ccccc1OC. The van der Waals surface area contributed by atoms with Crippen LogP contribution in [-0.4, -0.2) is 17.9 Å². The Balaban J connectivity index is 2.16. The van der Waals surface area contributed by atoms with E-state index in [0.717, 1.165) is 17.7 Å². The molecule has 1 amide bonds. The minimum atomic E-state index is 0.191. The molecule has 1 aromatic carbocycles. The van der Waals surface area contributed by atoms with Crippen LogP contribution in [0.15, 0.2) is 41.8 Å². The summed E-state index contributed by atoms with van der Waals surface area (Å²) in [5.74, 6) is 1.02. The zero-order valence-electron chi connectivity index (χ0n) is 12.5. The van der Waals surface area contributed by atoms with Gasteiger partial charge in [0.1, 0.15) is 5.75 Å². The van der Waals surface area contributed by atoms with E-state index in [1.165, 1.54) is 4.88 Å². The molecule has 0 aliphatic carbocycles. The van der Waals surface area contributed by atoms with Crippen LogP contribution in [0.4, 0.5) is 0 Å². The molecule has 4 heteroatoms. The lowest BCUT2D eigenvalue weighted by molar-refractivity contribution is -0.132. The third-order valence-electron chi connectivity index (χ3n) is 3.30. The van der Waals surface area contributed by atoms with Gasteiger partial charge in [-0.05, 0) is 23.9 Å². The quantitative estimate of drug-likeness (QED) is 0.771. The molecule has 0 radical (unpaired) electrons. The molecular weight excluding hydrogens is 282 g/mol. The highest BCUT2D eigenvalue weighted by Gasteiger charge is 2.16. The molecule has 0 saturated carbocycles. The van der Waals surface area contributed by atoms with Gasteiger partial charge in [0, 0.05) is 23.4 Å². The fourth-order valence-electron chi connectivity index (χ4n) is 2.23. The first-order valence-electron chi connectivity index (χ1n) is 7.16. The van der Waals surface area contributed by atoms with Crippen LogP contribution >= 0.6 is 11.3 Å². The summed E-state index contributed by atoms with van der Waals surface area (Å²) in [5, 5.41) is 2.04. The van der Waals surface area contributed by atoms with Crippen molar-refractivity contribution in [3.63, 3.8) is 0 Å². The summed E-state index contributed by atoms with van der Waals surface area (Å²) in [6.07, 6.45) is 1.45. The zero-order valence-corrected chi connectivity index (χ0v) is 13.4. The second kappa shape index (κ2) is 7.84. The third-order valence-corrected chi connectivity index (χ3v) is 4.16. The molecule has 3 nitrogen and oxygen atoms in total. The van der Waals surface area contributed by atoms with Gasteiger partial charge >= 0.3 is 0 Å².